The van der Waals surface area contributed by atoms with Crippen LogP contribution in [0.5, 0.6) is 0 Å². The third-order valence-corrected chi connectivity index (χ3v) is 6.08. The number of carbonyl (C=O) groups is 2. The van der Waals surface area contributed by atoms with E-state index in [1.54, 1.807) is 4.90 Å². The summed E-state index contributed by atoms with van der Waals surface area (Å²) >= 11 is 0. The number of H-pyrrole nitrogens is 1. The molecule has 0 bridgehead atoms. The van der Waals surface area contributed by atoms with Gasteiger partial charge >= 0.3 is 12.1 Å². The molecular weight excluding hydrogens is 453 g/mol. The Balaban J connectivity index is 1.16. The lowest BCUT2D eigenvalue weighted by Crippen LogP contribution is -2.42. The fourth-order valence-corrected chi connectivity index (χ4v) is 4.30. The lowest BCUT2D eigenvalue weighted by molar-refractivity contribution is 0.105. The molecule has 1 atom stereocenters. The van der Waals surface area contributed by atoms with E-state index in [0.29, 0.717) is 42.5 Å². The number of ether oxygens (including phenoxy) is 1. The van der Waals surface area contributed by atoms with Gasteiger partial charge in [0.25, 0.3) is 0 Å². The van der Waals surface area contributed by atoms with Gasteiger partial charge in [0.15, 0.2) is 5.82 Å². The van der Waals surface area contributed by atoms with Crippen LogP contribution in [0.25, 0.3) is 0 Å². The van der Waals surface area contributed by atoms with Gasteiger partial charge < -0.3 is 25.6 Å². The minimum atomic E-state index is -0.417. The first-order valence-corrected chi connectivity index (χ1v) is 11.5. The molecule has 5 rings (SSSR count). The number of halogens is 1. The minimum absolute atomic E-state index is 0.0742. The zero-order valence-electron chi connectivity index (χ0n) is 19.0. The maximum Gasteiger partial charge on any atom is 0.323 e. The number of benzene rings is 2. The molecule has 2 aliphatic heterocycles. The maximum atomic E-state index is 13.1. The van der Waals surface area contributed by atoms with Crippen molar-refractivity contribution < 1.29 is 18.7 Å². The molecular formula is C24H26FN7O3. The number of hydrogen-bond donors (Lipinski definition) is 4. The summed E-state index contributed by atoms with van der Waals surface area (Å²) in [6.45, 7) is 1.90. The highest BCUT2D eigenvalue weighted by atomic mass is 19.1. The zero-order chi connectivity index (χ0) is 24.2. The summed E-state index contributed by atoms with van der Waals surface area (Å²) in [5.74, 6) is 0.841. The Labute approximate surface area is 201 Å². The number of rotatable bonds is 5. The Morgan fingerprint density at radius 2 is 2.03 bits per heavy atom. The molecule has 0 radical (unpaired) electrons. The van der Waals surface area contributed by atoms with Gasteiger partial charge in [0.1, 0.15) is 17.7 Å². The molecule has 182 valence electrons. The van der Waals surface area contributed by atoms with Crippen LogP contribution in [-0.4, -0.2) is 45.3 Å². The normalized spacial score (nSPS) is 17.1. The number of aromatic nitrogens is 3. The van der Waals surface area contributed by atoms with Crippen LogP contribution in [0.4, 0.5) is 25.4 Å². The molecule has 4 amide bonds. The molecule has 1 aromatic heterocycles. The summed E-state index contributed by atoms with van der Waals surface area (Å²) in [7, 11) is 0. The van der Waals surface area contributed by atoms with Crippen molar-refractivity contribution in [3.8, 4) is 0 Å². The highest BCUT2D eigenvalue weighted by molar-refractivity contribution is 6.00. The Morgan fingerprint density at radius 1 is 1.17 bits per heavy atom. The molecule has 2 aromatic carbocycles. The second-order valence-corrected chi connectivity index (χ2v) is 8.50. The average molecular weight is 480 g/mol. The van der Waals surface area contributed by atoms with Crippen LogP contribution < -0.4 is 16.0 Å². The van der Waals surface area contributed by atoms with Gasteiger partial charge in [-0.25, -0.2) is 19.0 Å². The van der Waals surface area contributed by atoms with Crippen molar-refractivity contribution in [3.05, 3.63) is 71.1 Å². The topological polar surface area (TPSA) is 124 Å². The largest absolute Gasteiger partial charge is 0.370 e. The van der Waals surface area contributed by atoms with E-state index in [0.717, 1.165) is 30.6 Å². The van der Waals surface area contributed by atoms with E-state index in [1.807, 2.05) is 18.2 Å². The van der Waals surface area contributed by atoms with Gasteiger partial charge in [-0.2, -0.15) is 5.10 Å². The maximum absolute atomic E-state index is 13.1. The molecule has 10 nitrogen and oxygen atoms in total. The summed E-state index contributed by atoms with van der Waals surface area (Å²) < 4.78 is 18.7. The lowest BCUT2D eigenvalue weighted by atomic mass is 9.98. The molecule has 0 saturated carbocycles. The van der Waals surface area contributed by atoms with E-state index in [1.165, 1.54) is 24.3 Å². The Kier molecular flexibility index (Phi) is 6.57. The van der Waals surface area contributed by atoms with Gasteiger partial charge in [0.2, 0.25) is 0 Å². The van der Waals surface area contributed by atoms with Crippen LogP contribution in [0, 0.1) is 5.82 Å². The number of anilines is 2. The number of hydrogen-bond acceptors (Lipinski definition) is 5. The fraction of sp³-hybridized carbons (Fsp3) is 0.333. The van der Waals surface area contributed by atoms with Crippen LogP contribution in [-0.2, 0) is 24.2 Å². The van der Waals surface area contributed by atoms with Gasteiger partial charge in [0, 0.05) is 31.1 Å². The second kappa shape index (κ2) is 10.1. The highest BCUT2D eigenvalue weighted by Gasteiger charge is 2.24. The quantitative estimate of drug-likeness (QED) is 0.444. The van der Waals surface area contributed by atoms with Crippen molar-refractivity contribution in [2.75, 3.05) is 23.8 Å². The molecule has 35 heavy (non-hydrogen) atoms. The number of nitrogens with one attached hydrogen (secondary N) is 4. The molecule has 0 spiro atoms. The number of fused-ring (bicyclic) bond motifs is 1. The fourth-order valence-electron chi connectivity index (χ4n) is 4.30. The summed E-state index contributed by atoms with van der Waals surface area (Å²) in [4.78, 5) is 31.3. The highest BCUT2D eigenvalue weighted by Crippen LogP contribution is 2.27. The van der Waals surface area contributed by atoms with Gasteiger partial charge in [-0.15, -0.1) is 0 Å². The molecule has 3 aromatic rings. The average Bonchev–Trinajstić information content (AvgIpc) is 3.56. The van der Waals surface area contributed by atoms with Gasteiger partial charge in [-0.05, 0) is 60.7 Å². The number of carbonyl (C=O) groups excluding carboxylic acids is 2. The summed E-state index contributed by atoms with van der Waals surface area (Å²) in [5, 5.41) is 15.5. The van der Waals surface area contributed by atoms with Crippen LogP contribution in [0.3, 0.4) is 0 Å². The number of amides is 4. The van der Waals surface area contributed by atoms with Gasteiger partial charge in [0.05, 0.1) is 6.54 Å². The first-order chi connectivity index (χ1) is 17.0. The van der Waals surface area contributed by atoms with Crippen LogP contribution in [0.2, 0.25) is 0 Å². The predicted molar refractivity (Wildman–Crippen MR) is 126 cm³/mol. The van der Waals surface area contributed by atoms with E-state index in [9.17, 15) is 14.0 Å². The second-order valence-electron chi connectivity index (χ2n) is 8.50. The van der Waals surface area contributed by atoms with E-state index in [-0.39, 0.29) is 24.5 Å². The monoisotopic (exact) mass is 479 g/mol. The first-order valence-electron chi connectivity index (χ1n) is 11.5. The molecule has 11 heteroatoms. The molecule has 1 unspecified atom stereocenters. The van der Waals surface area contributed by atoms with Crippen LogP contribution in [0.15, 0.2) is 42.5 Å². The zero-order valence-corrected chi connectivity index (χ0v) is 19.0. The van der Waals surface area contributed by atoms with Gasteiger partial charge in [-0.1, -0.05) is 12.1 Å². The standard InChI is InChI=1S/C24H26FN7O3/c25-16-6-8-17(9-7-16)27-23(33)28-19-4-1-3-15-14-32(11-10-18(15)19)24(34)26-13-21-29-22(31-30-21)20-5-2-12-35-20/h1,3-4,6-9,20H,2,5,10-14H2,(H,26,34)(H2,27,28,33)(H,29,30,31). The molecule has 3 heterocycles. The van der Waals surface area contributed by atoms with Crippen molar-refractivity contribution in [2.45, 2.75) is 38.5 Å². The summed E-state index contributed by atoms with van der Waals surface area (Å²) in [6.07, 6.45) is 2.43. The molecule has 0 aliphatic carbocycles. The van der Waals surface area contributed by atoms with Crippen LogP contribution >= 0.6 is 0 Å². The van der Waals surface area contributed by atoms with Crippen LogP contribution in [0.1, 0.15) is 41.7 Å². The summed E-state index contributed by atoms with van der Waals surface area (Å²) in [6, 6.07) is 10.6. The Bertz CT molecular complexity index is 1210. The van der Waals surface area contributed by atoms with E-state index < -0.39 is 6.03 Å². The van der Waals surface area contributed by atoms with Crippen molar-refractivity contribution in [2.24, 2.45) is 0 Å². The first kappa shape index (κ1) is 22.8. The van der Waals surface area contributed by atoms with E-state index in [4.69, 9.17) is 4.74 Å². The lowest BCUT2D eigenvalue weighted by Gasteiger charge is -2.30. The minimum Gasteiger partial charge on any atom is -0.370 e. The Morgan fingerprint density at radius 3 is 2.83 bits per heavy atom. The van der Waals surface area contributed by atoms with E-state index in [2.05, 4.69) is 31.1 Å². The summed E-state index contributed by atoms with van der Waals surface area (Å²) in [5.41, 5.74) is 3.13. The number of nitrogens with zero attached hydrogens (tertiary/aromatic N) is 3. The Hall–Kier alpha value is -3.99. The van der Waals surface area contributed by atoms with Crippen molar-refractivity contribution in [1.29, 1.82) is 0 Å². The van der Waals surface area contributed by atoms with Gasteiger partial charge in [-0.3, -0.25) is 5.10 Å². The predicted octanol–water partition coefficient (Wildman–Crippen LogP) is 3.71. The van der Waals surface area contributed by atoms with E-state index >= 15 is 0 Å². The smallest absolute Gasteiger partial charge is 0.323 e. The number of urea groups is 2. The van der Waals surface area contributed by atoms with Crippen molar-refractivity contribution in [3.63, 3.8) is 0 Å². The SMILES string of the molecule is O=C(Nc1ccc(F)cc1)Nc1cccc2c1CCN(C(=O)NCc1nc(C3CCCO3)n[nH]1)C2. The molecule has 2 aliphatic rings. The van der Waals surface area contributed by atoms with Crippen molar-refractivity contribution in [1.82, 2.24) is 25.4 Å². The molecule has 1 fully saturated rings. The molecule has 1 saturated heterocycles. The third kappa shape index (κ3) is 5.40. The molecule has 4 N–H and O–H groups in total. The van der Waals surface area contributed by atoms with Crippen molar-refractivity contribution >= 4 is 23.4 Å². The third-order valence-electron chi connectivity index (χ3n) is 6.08. The number of aromatic amines is 1.